The molecule has 0 aliphatic carbocycles. The fraction of sp³-hybridized carbons (Fsp3) is 1.00. The molecule has 3 nitrogen and oxygen atoms in total. The SMILES string of the molecule is CC(C)NP([O-])[O-]. The smallest absolute Gasteiger partial charge is 0.00215 e. The molecule has 0 unspecified atom stereocenters. The van der Waals surface area contributed by atoms with Crippen LogP contribution in [0.2, 0.25) is 0 Å². The van der Waals surface area contributed by atoms with Crippen molar-refractivity contribution in [3.05, 3.63) is 0 Å². The summed E-state index contributed by atoms with van der Waals surface area (Å²) in [6.07, 6.45) is 0. The summed E-state index contributed by atoms with van der Waals surface area (Å²) in [7, 11) is -2.39. The molecule has 0 spiro atoms. The Bertz CT molecular complexity index is 42.2. The molecule has 0 aliphatic rings. The van der Waals surface area contributed by atoms with Crippen LogP contribution in [0.3, 0.4) is 0 Å². The molecule has 7 heavy (non-hydrogen) atoms. The van der Waals surface area contributed by atoms with Crippen molar-refractivity contribution in [2.45, 2.75) is 19.9 Å². The second kappa shape index (κ2) is 3.33. The summed E-state index contributed by atoms with van der Waals surface area (Å²) in [5, 5.41) is 2.26. The van der Waals surface area contributed by atoms with E-state index < -0.39 is 8.53 Å². The fourth-order valence-electron chi connectivity index (χ4n) is 0.211. The van der Waals surface area contributed by atoms with Gasteiger partial charge in [0.1, 0.15) is 0 Å². The topological polar surface area (TPSA) is 58.1 Å². The van der Waals surface area contributed by atoms with Gasteiger partial charge in [0.15, 0.2) is 0 Å². The van der Waals surface area contributed by atoms with Gasteiger partial charge in [0.25, 0.3) is 0 Å². The van der Waals surface area contributed by atoms with Crippen molar-refractivity contribution in [3.8, 4) is 0 Å². The molecule has 0 aromatic rings. The normalized spacial score (nSPS) is 11.1. The van der Waals surface area contributed by atoms with Gasteiger partial charge in [-0.05, 0) is 13.8 Å². The van der Waals surface area contributed by atoms with Crippen LogP contribution in [-0.4, -0.2) is 6.04 Å². The van der Waals surface area contributed by atoms with Gasteiger partial charge in [-0.2, -0.15) is 0 Å². The average molecular weight is 121 g/mol. The molecule has 0 radical (unpaired) electrons. The first-order valence-corrected chi connectivity index (χ1v) is 3.21. The highest BCUT2D eigenvalue weighted by atomic mass is 31.2. The maximum absolute atomic E-state index is 9.74. The molecule has 1 N–H and O–H groups in total. The van der Waals surface area contributed by atoms with Crippen molar-refractivity contribution in [1.29, 1.82) is 0 Å². The Labute approximate surface area is 44.3 Å². The van der Waals surface area contributed by atoms with E-state index in [2.05, 4.69) is 5.09 Å². The molecule has 4 heteroatoms. The van der Waals surface area contributed by atoms with Crippen LogP contribution < -0.4 is 14.9 Å². The van der Waals surface area contributed by atoms with Crippen LogP contribution in [0.5, 0.6) is 0 Å². The predicted molar refractivity (Wildman–Crippen MR) is 25.2 cm³/mol. The third-order valence-corrected chi connectivity index (χ3v) is 1.09. The molecule has 0 saturated heterocycles. The van der Waals surface area contributed by atoms with Gasteiger partial charge in [-0.3, -0.25) is 0 Å². The van der Waals surface area contributed by atoms with Crippen molar-refractivity contribution >= 4 is 8.53 Å². The molecule has 0 heterocycles. The van der Waals surface area contributed by atoms with Gasteiger partial charge in [-0.1, -0.05) is 0 Å². The third-order valence-electron chi connectivity index (χ3n) is 0.364. The summed E-state index contributed by atoms with van der Waals surface area (Å²) in [6.45, 7) is 3.54. The van der Waals surface area contributed by atoms with E-state index in [1.807, 2.05) is 0 Å². The zero-order valence-electron chi connectivity index (χ0n) is 4.34. The van der Waals surface area contributed by atoms with Crippen LogP contribution in [0.15, 0.2) is 0 Å². The Kier molecular flexibility index (Phi) is 3.48. The van der Waals surface area contributed by atoms with Crippen LogP contribution >= 0.6 is 8.53 Å². The summed E-state index contributed by atoms with van der Waals surface area (Å²) in [5.41, 5.74) is 0. The average Bonchev–Trinajstić information content (AvgIpc) is 1.27. The van der Waals surface area contributed by atoms with Crippen LogP contribution in [0.4, 0.5) is 0 Å². The molecule has 0 aromatic heterocycles. The first kappa shape index (κ1) is 7.31. The quantitative estimate of drug-likeness (QED) is 0.473. The second-order valence-electron chi connectivity index (χ2n) is 1.54. The first-order valence-electron chi connectivity index (χ1n) is 2.03. The molecule has 0 amide bonds. The first-order chi connectivity index (χ1) is 3.13. The van der Waals surface area contributed by atoms with E-state index in [0.717, 1.165) is 0 Å². The van der Waals surface area contributed by atoms with E-state index >= 15 is 0 Å². The fourth-order valence-corrected chi connectivity index (χ4v) is 0.632. The van der Waals surface area contributed by atoms with Crippen LogP contribution in [0, 0.1) is 0 Å². The van der Waals surface area contributed by atoms with E-state index in [0.29, 0.717) is 0 Å². The Morgan fingerprint density at radius 1 is 1.43 bits per heavy atom. The van der Waals surface area contributed by atoms with Gasteiger partial charge in [0, 0.05) is 6.04 Å². The standard InChI is InChI=1S/C3H8NO2P/c1-3(2)4-7(5)6/h3-4H,1-2H3/q-2. The maximum atomic E-state index is 9.74. The highest BCUT2D eigenvalue weighted by Crippen LogP contribution is 2.02. The molecular weight excluding hydrogens is 113 g/mol. The van der Waals surface area contributed by atoms with Crippen LogP contribution in [0.25, 0.3) is 0 Å². The largest absolute Gasteiger partial charge is 0.830 e. The minimum Gasteiger partial charge on any atom is -0.830 e. The van der Waals surface area contributed by atoms with Crippen LogP contribution in [-0.2, 0) is 0 Å². The number of hydrogen-bond donors (Lipinski definition) is 1. The minimum absolute atomic E-state index is 0.0288. The maximum Gasteiger partial charge on any atom is 0.00215 e. The molecule has 44 valence electrons. The third kappa shape index (κ3) is 6.31. The van der Waals surface area contributed by atoms with Gasteiger partial charge in [-0.25, -0.2) is 8.53 Å². The molecule has 0 saturated carbocycles. The van der Waals surface area contributed by atoms with E-state index in [-0.39, 0.29) is 6.04 Å². The lowest BCUT2D eigenvalue weighted by Crippen LogP contribution is -2.28. The Morgan fingerprint density at radius 3 is 1.86 bits per heavy atom. The Hall–Kier alpha value is 0.310. The molecule has 0 bridgehead atoms. The van der Waals surface area contributed by atoms with Gasteiger partial charge in [0.05, 0.1) is 0 Å². The summed E-state index contributed by atoms with van der Waals surface area (Å²) in [6, 6.07) is 0.0288. The van der Waals surface area contributed by atoms with Gasteiger partial charge < -0.3 is 14.9 Å². The highest BCUT2D eigenvalue weighted by molar-refractivity contribution is 7.39. The molecule has 0 aliphatic heterocycles. The van der Waals surface area contributed by atoms with Crippen LogP contribution in [0.1, 0.15) is 13.8 Å². The lowest BCUT2D eigenvalue weighted by Gasteiger charge is -2.33. The molecule has 0 fully saturated rings. The minimum atomic E-state index is -2.39. The number of hydrogen-bond acceptors (Lipinski definition) is 3. The van der Waals surface area contributed by atoms with Crippen molar-refractivity contribution in [2.24, 2.45) is 0 Å². The highest BCUT2D eigenvalue weighted by Gasteiger charge is 1.81. The number of rotatable bonds is 2. The Morgan fingerprint density at radius 2 is 1.86 bits per heavy atom. The summed E-state index contributed by atoms with van der Waals surface area (Å²) >= 11 is 0. The summed E-state index contributed by atoms with van der Waals surface area (Å²) < 4.78 is 0. The van der Waals surface area contributed by atoms with E-state index in [9.17, 15) is 9.79 Å². The molecule has 0 aromatic carbocycles. The predicted octanol–water partition coefficient (Wildman–Crippen LogP) is -1.07. The second-order valence-corrected chi connectivity index (χ2v) is 2.31. The molecule has 0 atom stereocenters. The van der Waals surface area contributed by atoms with Crippen molar-refractivity contribution in [3.63, 3.8) is 0 Å². The lowest BCUT2D eigenvalue weighted by atomic mass is 10.4. The van der Waals surface area contributed by atoms with Crippen molar-refractivity contribution in [2.75, 3.05) is 0 Å². The van der Waals surface area contributed by atoms with Gasteiger partial charge in [0.2, 0.25) is 0 Å². The van der Waals surface area contributed by atoms with Gasteiger partial charge >= 0.3 is 0 Å². The van der Waals surface area contributed by atoms with E-state index in [1.54, 1.807) is 13.8 Å². The molecule has 0 rings (SSSR count). The monoisotopic (exact) mass is 121 g/mol. The van der Waals surface area contributed by atoms with Crippen molar-refractivity contribution < 1.29 is 9.79 Å². The summed E-state index contributed by atoms with van der Waals surface area (Å²) in [4.78, 5) is 19.5. The lowest BCUT2D eigenvalue weighted by molar-refractivity contribution is -0.296. The van der Waals surface area contributed by atoms with E-state index in [4.69, 9.17) is 0 Å². The Balaban J connectivity index is 2.95. The van der Waals surface area contributed by atoms with E-state index in [1.165, 1.54) is 0 Å². The zero-order chi connectivity index (χ0) is 5.86. The number of nitrogens with one attached hydrogen (secondary N) is 1. The molecular formula is C3H8NO2P-2. The summed E-state index contributed by atoms with van der Waals surface area (Å²) in [5.74, 6) is 0. The zero-order valence-corrected chi connectivity index (χ0v) is 5.24. The van der Waals surface area contributed by atoms with Gasteiger partial charge in [-0.15, -0.1) is 0 Å². The van der Waals surface area contributed by atoms with Crippen molar-refractivity contribution in [1.82, 2.24) is 5.09 Å².